The number of nitro groups is 1. The molecule has 2 aromatic rings. The SMILES string of the molecule is C=CCOC(=O)C(=Cc1cccc([N+](=O)[O-])c1)NC(=O)c1ccco1. The normalized spacial score (nSPS) is 10.8. The molecule has 8 nitrogen and oxygen atoms in total. The number of hydrogen-bond donors (Lipinski definition) is 1. The first kappa shape index (κ1) is 17.7. The van der Waals surface area contributed by atoms with Gasteiger partial charge in [-0.3, -0.25) is 14.9 Å². The summed E-state index contributed by atoms with van der Waals surface area (Å²) in [4.78, 5) is 34.5. The van der Waals surface area contributed by atoms with Crippen molar-refractivity contribution in [2.45, 2.75) is 0 Å². The molecule has 0 aliphatic rings. The van der Waals surface area contributed by atoms with Gasteiger partial charge in [-0.1, -0.05) is 24.8 Å². The number of non-ortho nitro benzene ring substituents is 1. The van der Waals surface area contributed by atoms with E-state index < -0.39 is 16.8 Å². The van der Waals surface area contributed by atoms with Gasteiger partial charge in [0.15, 0.2) is 5.76 Å². The van der Waals surface area contributed by atoms with Crippen LogP contribution in [-0.4, -0.2) is 23.4 Å². The van der Waals surface area contributed by atoms with Crippen LogP contribution in [-0.2, 0) is 9.53 Å². The van der Waals surface area contributed by atoms with Crippen LogP contribution in [0.4, 0.5) is 5.69 Å². The van der Waals surface area contributed by atoms with E-state index in [9.17, 15) is 19.7 Å². The van der Waals surface area contributed by atoms with Gasteiger partial charge < -0.3 is 14.5 Å². The van der Waals surface area contributed by atoms with Crippen molar-refractivity contribution in [1.82, 2.24) is 5.32 Å². The minimum absolute atomic E-state index is 0.00135. The average Bonchev–Trinajstić information content (AvgIpc) is 3.14. The standard InChI is InChI=1S/C17H14N2O6/c1-2-8-25-17(21)14(18-16(20)15-7-4-9-24-15)11-12-5-3-6-13(10-12)19(22)23/h2-7,9-11H,1,8H2,(H,18,20). The zero-order valence-corrected chi connectivity index (χ0v) is 13.0. The Labute approximate surface area is 142 Å². The average molecular weight is 342 g/mol. The molecule has 0 saturated carbocycles. The van der Waals surface area contributed by atoms with Crippen molar-refractivity contribution < 1.29 is 23.7 Å². The first-order valence-electron chi connectivity index (χ1n) is 7.10. The highest BCUT2D eigenvalue weighted by Crippen LogP contribution is 2.16. The minimum Gasteiger partial charge on any atom is -0.459 e. The summed E-state index contributed by atoms with van der Waals surface area (Å²) < 4.78 is 9.88. The highest BCUT2D eigenvalue weighted by Gasteiger charge is 2.17. The van der Waals surface area contributed by atoms with E-state index in [1.54, 1.807) is 6.07 Å². The molecule has 0 spiro atoms. The zero-order chi connectivity index (χ0) is 18.2. The summed E-state index contributed by atoms with van der Waals surface area (Å²) in [6.45, 7) is 3.38. The predicted molar refractivity (Wildman–Crippen MR) is 88.4 cm³/mol. The maximum atomic E-state index is 12.1. The van der Waals surface area contributed by atoms with E-state index in [1.165, 1.54) is 48.7 Å². The van der Waals surface area contributed by atoms with Gasteiger partial charge in [-0.15, -0.1) is 0 Å². The van der Waals surface area contributed by atoms with Gasteiger partial charge >= 0.3 is 5.97 Å². The molecule has 1 amide bonds. The summed E-state index contributed by atoms with van der Waals surface area (Å²) in [5.74, 6) is -1.47. The van der Waals surface area contributed by atoms with Crippen molar-refractivity contribution in [2.24, 2.45) is 0 Å². The number of rotatable bonds is 7. The van der Waals surface area contributed by atoms with E-state index in [2.05, 4.69) is 11.9 Å². The molecule has 8 heteroatoms. The molecule has 0 fully saturated rings. The van der Waals surface area contributed by atoms with Crippen LogP contribution in [0.2, 0.25) is 0 Å². The molecule has 0 aliphatic carbocycles. The Morgan fingerprint density at radius 3 is 2.76 bits per heavy atom. The molecule has 0 atom stereocenters. The maximum absolute atomic E-state index is 12.1. The van der Waals surface area contributed by atoms with E-state index in [4.69, 9.17) is 9.15 Å². The first-order valence-corrected chi connectivity index (χ1v) is 7.10. The van der Waals surface area contributed by atoms with E-state index >= 15 is 0 Å². The lowest BCUT2D eigenvalue weighted by Crippen LogP contribution is -2.28. The minimum atomic E-state index is -0.814. The second-order valence-electron chi connectivity index (χ2n) is 4.73. The molecular weight excluding hydrogens is 328 g/mol. The van der Waals surface area contributed by atoms with Gasteiger partial charge in [0.05, 0.1) is 11.2 Å². The summed E-state index contributed by atoms with van der Waals surface area (Å²) in [6, 6.07) is 8.54. The summed E-state index contributed by atoms with van der Waals surface area (Å²) in [7, 11) is 0. The molecule has 128 valence electrons. The van der Waals surface area contributed by atoms with Crippen molar-refractivity contribution >= 4 is 23.6 Å². The van der Waals surface area contributed by atoms with E-state index in [0.717, 1.165) is 0 Å². The molecule has 0 bridgehead atoms. The van der Waals surface area contributed by atoms with Gasteiger partial charge in [-0.25, -0.2) is 4.79 Å². The maximum Gasteiger partial charge on any atom is 0.355 e. The number of furan rings is 1. The lowest BCUT2D eigenvalue weighted by molar-refractivity contribution is -0.384. The van der Waals surface area contributed by atoms with Gasteiger partial charge in [0.25, 0.3) is 11.6 Å². The predicted octanol–water partition coefficient (Wildman–Crippen LogP) is 2.69. The fraction of sp³-hybridized carbons (Fsp3) is 0.0588. The van der Waals surface area contributed by atoms with Crippen LogP contribution in [0.1, 0.15) is 16.1 Å². The molecule has 0 saturated heterocycles. The van der Waals surface area contributed by atoms with Crippen molar-refractivity contribution in [2.75, 3.05) is 6.61 Å². The number of nitrogens with zero attached hydrogens (tertiary/aromatic N) is 1. The monoisotopic (exact) mass is 342 g/mol. The molecule has 25 heavy (non-hydrogen) atoms. The quantitative estimate of drug-likeness (QED) is 0.272. The third-order valence-electron chi connectivity index (χ3n) is 2.94. The molecule has 1 heterocycles. The second-order valence-corrected chi connectivity index (χ2v) is 4.73. The summed E-state index contributed by atoms with van der Waals surface area (Å²) in [5, 5.41) is 13.2. The number of carbonyl (C=O) groups is 2. The fourth-order valence-electron chi connectivity index (χ4n) is 1.84. The lowest BCUT2D eigenvalue weighted by atomic mass is 10.1. The second kappa shape index (κ2) is 8.25. The Kier molecular flexibility index (Phi) is 5.83. The fourth-order valence-corrected chi connectivity index (χ4v) is 1.84. The molecule has 1 aromatic carbocycles. The number of carbonyl (C=O) groups excluding carboxylic acids is 2. The first-order chi connectivity index (χ1) is 12.0. The van der Waals surface area contributed by atoms with Crippen molar-refractivity contribution in [3.05, 3.63) is 82.5 Å². The smallest absolute Gasteiger partial charge is 0.355 e. The van der Waals surface area contributed by atoms with Crippen LogP contribution in [0.25, 0.3) is 6.08 Å². The largest absolute Gasteiger partial charge is 0.459 e. The van der Waals surface area contributed by atoms with E-state index in [0.29, 0.717) is 5.56 Å². The number of benzene rings is 1. The Hall–Kier alpha value is -3.68. The van der Waals surface area contributed by atoms with Gasteiger partial charge in [-0.05, 0) is 23.8 Å². The molecule has 1 N–H and O–H groups in total. The molecule has 0 aliphatic heterocycles. The number of nitro benzene ring substituents is 1. The summed E-state index contributed by atoms with van der Waals surface area (Å²) >= 11 is 0. The molecular formula is C17H14N2O6. The van der Waals surface area contributed by atoms with Crippen molar-refractivity contribution in [1.29, 1.82) is 0 Å². The van der Waals surface area contributed by atoms with Gasteiger partial charge in [0, 0.05) is 12.1 Å². The third-order valence-corrected chi connectivity index (χ3v) is 2.94. The number of esters is 1. The lowest BCUT2D eigenvalue weighted by Gasteiger charge is -2.08. The zero-order valence-electron chi connectivity index (χ0n) is 13.0. The van der Waals surface area contributed by atoms with Crippen molar-refractivity contribution in [3.63, 3.8) is 0 Å². The molecule has 2 rings (SSSR count). The Balaban J connectivity index is 2.31. The van der Waals surface area contributed by atoms with E-state index in [1.807, 2.05) is 0 Å². The van der Waals surface area contributed by atoms with Crippen LogP contribution in [0.3, 0.4) is 0 Å². The van der Waals surface area contributed by atoms with Crippen LogP contribution in [0.5, 0.6) is 0 Å². The van der Waals surface area contributed by atoms with Crippen LogP contribution >= 0.6 is 0 Å². The van der Waals surface area contributed by atoms with Crippen LogP contribution < -0.4 is 5.32 Å². The highest BCUT2D eigenvalue weighted by molar-refractivity contribution is 6.02. The topological polar surface area (TPSA) is 112 Å². The third kappa shape index (κ3) is 4.90. The Bertz CT molecular complexity index is 823. The Morgan fingerprint density at radius 2 is 2.12 bits per heavy atom. The molecule has 1 aromatic heterocycles. The number of hydrogen-bond acceptors (Lipinski definition) is 6. The van der Waals surface area contributed by atoms with Crippen LogP contribution in [0.15, 0.2) is 65.4 Å². The van der Waals surface area contributed by atoms with Gasteiger partial charge in [0.1, 0.15) is 12.3 Å². The molecule has 0 unspecified atom stereocenters. The summed E-state index contributed by atoms with van der Waals surface area (Å²) in [6.07, 6.45) is 3.96. The highest BCUT2D eigenvalue weighted by atomic mass is 16.6. The van der Waals surface area contributed by atoms with E-state index in [-0.39, 0.29) is 23.8 Å². The van der Waals surface area contributed by atoms with Crippen molar-refractivity contribution in [3.8, 4) is 0 Å². The number of amides is 1. The number of nitrogens with one attached hydrogen (secondary N) is 1. The van der Waals surface area contributed by atoms with Gasteiger partial charge in [0.2, 0.25) is 0 Å². The van der Waals surface area contributed by atoms with Crippen LogP contribution in [0, 0.1) is 10.1 Å². The summed E-state index contributed by atoms with van der Waals surface area (Å²) in [5.41, 5.74) is 0.00756. The molecule has 0 radical (unpaired) electrons. The van der Waals surface area contributed by atoms with Gasteiger partial charge in [-0.2, -0.15) is 0 Å². The number of ether oxygens (including phenoxy) is 1. The Morgan fingerprint density at radius 1 is 1.32 bits per heavy atom.